The number of nitrogens with one attached hydrogen (secondary N) is 1. The average molecular weight is 384 g/mol. The highest BCUT2D eigenvalue weighted by Crippen LogP contribution is 2.38. The first kappa shape index (κ1) is 18.9. The zero-order valence-corrected chi connectivity index (χ0v) is 16.4. The Morgan fingerprint density at radius 2 is 2.07 bits per heavy atom. The molecular formula is C21H28N4O3. The molecule has 150 valence electrons. The van der Waals surface area contributed by atoms with Crippen LogP contribution in [0.4, 0.5) is 4.79 Å². The van der Waals surface area contributed by atoms with Crippen molar-refractivity contribution in [3.63, 3.8) is 0 Å². The summed E-state index contributed by atoms with van der Waals surface area (Å²) in [6, 6.07) is 10.00. The predicted octanol–water partition coefficient (Wildman–Crippen LogP) is 3.09. The number of nitrogens with zero attached hydrogens (tertiary/aromatic N) is 3. The number of ether oxygens (including phenoxy) is 1. The quantitative estimate of drug-likeness (QED) is 0.876. The van der Waals surface area contributed by atoms with E-state index < -0.39 is 0 Å². The Balaban J connectivity index is 1.27. The summed E-state index contributed by atoms with van der Waals surface area (Å²) >= 11 is 0. The Labute approximate surface area is 165 Å². The van der Waals surface area contributed by atoms with Gasteiger partial charge in [0.05, 0.1) is 5.60 Å². The Bertz CT molecular complexity index is 784. The van der Waals surface area contributed by atoms with Gasteiger partial charge >= 0.3 is 6.03 Å². The van der Waals surface area contributed by atoms with Gasteiger partial charge in [-0.2, -0.15) is 4.98 Å². The molecule has 4 rings (SSSR count). The van der Waals surface area contributed by atoms with Gasteiger partial charge in [0.25, 0.3) is 0 Å². The molecule has 7 nitrogen and oxygen atoms in total. The fourth-order valence-electron chi connectivity index (χ4n) is 4.34. The Morgan fingerprint density at radius 3 is 2.79 bits per heavy atom. The van der Waals surface area contributed by atoms with Crippen molar-refractivity contribution in [2.24, 2.45) is 5.92 Å². The predicted molar refractivity (Wildman–Crippen MR) is 104 cm³/mol. The van der Waals surface area contributed by atoms with Crippen LogP contribution in [0, 0.1) is 12.8 Å². The van der Waals surface area contributed by atoms with E-state index in [-0.39, 0.29) is 11.6 Å². The van der Waals surface area contributed by atoms with E-state index in [0.29, 0.717) is 18.4 Å². The Hall–Kier alpha value is -2.41. The smallest absolute Gasteiger partial charge is 0.317 e. The first-order valence-corrected chi connectivity index (χ1v) is 10.1. The molecule has 1 N–H and O–H groups in total. The second-order valence-electron chi connectivity index (χ2n) is 7.96. The number of carbonyl (C=O) groups excluding carboxylic acids is 1. The molecule has 3 heterocycles. The maximum Gasteiger partial charge on any atom is 0.317 e. The lowest BCUT2D eigenvalue weighted by atomic mass is 9.78. The van der Waals surface area contributed by atoms with Gasteiger partial charge in [0, 0.05) is 39.6 Å². The number of amides is 2. The topological polar surface area (TPSA) is 80.5 Å². The number of benzene rings is 1. The SMILES string of the molecule is Cc1nc(CC2CCOC3(CCN(C(=O)NCc4ccccc4)CC3)C2)no1. The van der Waals surface area contributed by atoms with Gasteiger partial charge in [-0.25, -0.2) is 4.79 Å². The number of aryl methyl sites for hydroxylation is 1. The highest BCUT2D eigenvalue weighted by molar-refractivity contribution is 5.74. The third-order valence-corrected chi connectivity index (χ3v) is 5.88. The van der Waals surface area contributed by atoms with Gasteiger partial charge in [-0.1, -0.05) is 35.5 Å². The molecular weight excluding hydrogens is 356 g/mol. The average Bonchev–Trinajstić information content (AvgIpc) is 3.12. The third-order valence-electron chi connectivity index (χ3n) is 5.88. The number of piperidine rings is 1. The van der Waals surface area contributed by atoms with Gasteiger partial charge in [-0.3, -0.25) is 0 Å². The Morgan fingerprint density at radius 1 is 1.29 bits per heavy atom. The van der Waals surface area contributed by atoms with Crippen LogP contribution in [0.3, 0.4) is 0 Å². The molecule has 2 fully saturated rings. The summed E-state index contributed by atoms with van der Waals surface area (Å²) in [6.07, 6.45) is 4.63. The van der Waals surface area contributed by atoms with Crippen LogP contribution in [0.25, 0.3) is 0 Å². The fourth-order valence-corrected chi connectivity index (χ4v) is 4.34. The summed E-state index contributed by atoms with van der Waals surface area (Å²) in [6.45, 7) is 4.61. The van der Waals surface area contributed by atoms with E-state index in [2.05, 4.69) is 15.5 Å². The zero-order chi connectivity index (χ0) is 19.4. The van der Waals surface area contributed by atoms with Crippen molar-refractivity contribution in [1.29, 1.82) is 0 Å². The fraction of sp³-hybridized carbons (Fsp3) is 0.571. The molecule has 1 atom stereocenters. The minimum atomic E-state index is -0.113. The number of likely N-dealkylation sites (tertiary alicyclic amines) is 1. The highest BCUT2D eigenvalue weighted by atomic mass is 16.5. The summed E-state index contributed by atoms with van der Waals surface area (Å²) in [7, 11) is 0. The van der Waals surface area contributed by atoms with Crippen LogP contribution in [0.15, 0.2) is 34.9 Å². The normalized spacial score (nSPS) is 21.6. The number of hydrogen-bond acceptors (Lipinski definition) is 5. The van der Waals surface area contributed by atoms with Crippen LogP contribution < -0.4 is 5.32 Å². The minimum absolute atomic E-state index is 0.00772. The third kappa shape index (κ3) is 4.52. The number of carbonyl (C=O) groups is 1. The highest BCUT2D eigenvalue weighted by Gasteiger charge is 2.41. The number of hydrogen-bond donors (Lipinski definition) is 1. The van der Waals surface area contributed by atoms with Crippen LogP contribution in [0.1, 0.15) is 43.0 Å². The minimum Gasteiger partial charge on any atom is -0.375 e. The van der Waals surface area contributed by atoms with Gasteiger partial charge in [0.2, 0.25) is 5.89 Å². The van der Waals surface area contributed by atoms with Crippen molar-refractivity contribution >= 4 is 6.03 Å². The van der Waals surface area contributed by atoms with Crippen LogP contribution in [0.2, 0.25) is 0 Å². The van der Waals surface area contributed by atoms with Gasteiger partial charge in [-0.15, -0.1) is 0 Å². The van der Waals surface area contributed by atoms with Crippen LogP contribution in [0.5, 0.6) is 0 Å². The zero-order valence-electron chi connectivity index (χ0n) is 16.4. The monoisotopic (exact) mass is 384 g/mol. The molecule has 0 aliphatic carbocycles. The van der Waals surface area contributed by atoms with Gasteiger partial charge in [0.1, 0.15) is 0 Å². The molecule has 1 aromatic carbocycles. The summed E-state index contributed by atoms with van der Waals surface area (Å²) in [4.78, 5) is 18.7. The maximum atomic E-state index is 12.5. The van der Waals surface area contributed by atoms with Gasteiger partial charge in [0.15, 0.2) is 5.82 Å². The molecule has 0 radical (unpaired) electrons. The summed E-state index contributed by atoms with van der Waals surface area (Å²) in [5.41, 5.74) is 0.997. The van der Waals surface area contributed by atoms with Crippen molar-refractivity contribution in [2.75, 3.05) is 19.7 Å². The molecule has 1 aromatic heterocycles. The van der Waals surface area contributed by atoms with Gasteiger partial charge < -0.3 is 19.5 Å². The van der Waals surface area contributed by atoms with Crippen molar-refractivity contribution in [1.82, 2.24) is 20.4 Å². The molecule has 0 bridgehead atoms. The molecule has 1 spiro atoms. The lowest BCUT2D eigenvalue weighted by Gasteiger charge is -2.46. The first-order chi connectivity index (χ1) is 13.6. The molecule has 2 aliphatic heterocycles. The van der Waals surface area contributed by atoms with Crippen LogP contribution in [-0.2, 0) is 17.7 Å². The number of rotatable bonds is 4. The van der Waals surface area contributed by atoms with E-state index >= 15 is 0 Å². The number of urea groups is 1. The molecule has 2 aromatic rings. The van der Waals surface area contributed by atoms with E-state index in [1.165, 1.54) is 0 Å². The second-order valence-corrected chi connectivity index (χ2v) is 7.96. The largest absolute Gasteiger partial charge is 0.375 e. The van der Waals surface area contributed by atoms with E-state index in [1.54, 1.807) is 0 Å². The standard InChI is InChI=1S/C21H28N4O3/c1-16-23-19(24-28-16)13-18-7-12-27-21(14-18)8-10-25(11-9-21)20(26)22-15-17-5-3-2-4-6-17/h2-6,18H,7-15H2,1H3,(H,22,26). The summed E-state index contributed by atoms with van der Waals surface area (Å²) in [5, 5.41) is 7.06. The Kier molecular flexibility index (Phi) is 5.62. The van der Waals surface area contributed by atoms with E-state index in [9.17, 15) is 4.79 Å². The molecule has 28 heavy (non-hydrogen) atoms. The van der Waals surface area contributed by atoms with E-state index in [1.807, 2.05) is 42.2 Å². The molecule has 1 unspecified atom stereocenters. The van der Waals surface area contributed by atoms with E-state index in [0.717, 1.165) is 63.2 Å². The molecule has 2 aliphatic rings. The molecule has 2 amide bonds. The van der Waals surface area contributed by atoms with Crippen molar-refractivity contribution in [3.05, 3.63) is 47.6 Å². The molecule has 0 saturated carbocycles. The van der Waals surface area contributed by atoms with Crippen molar-refractivity contribution in [3.8, 4) is 0 Å². The maximum absolute atomic E-state index is 12.5. The lowest BCUT2D eigenvalue weighted by molar-refractivity contribution is -0.123. The van der Waals surface area contributed by atoms with E-state index in [4.69, 9.17) is 9.26 Å². The summed E-state index contributed by atoms with van der Waals surface area (Å²) in [5.74, 6) is 1.91. The van der Waals surface area contributed by atoms with Crippen LogP contribution in [-0.4, -0.2) is 46.4 Å². The second kappa shape index (κ2) is 8.31. The van der Waals surface area contributed by atoms with Crippen LogP contribution >= 0.6 is 0 Å². The van der Waals surface area contributed by atoms with Crippen molar-refractivity contribution in [2.45, 2.75) is 51.2 Å². The molecule has 7 heteroatoms. The lowest BCUT2D eigenvalue weighted by Crippen LogP contribution is -2.52. The van der Waals surface area contributed by atoms with Gasteiger partial charge in [-0.05, 0) is 37.2 Å². The number of aromatic nitrogens is 2. The van der Waals surface area contributed by atoms with Crippen molar-refractivity contribution < 1.29 is 14.1 Å². The molecule has 2 saturated heterocycles. The first-order valence-electron chi connectivity index (χ1n) is 10.1. The summed E-state index contributed by atoms with van der Waals surface area (Å²) < 4.78 is 11.3.